The van der Waals surface area contributed by atoms with Crippen LogP contribution < -0.4 is 5.73 Å². The Kier molecular flexibility index (Phi) is 2.07. The van der Waals surface area contributed by atoms with Gasteiger partial charge in [0.05, 0.1) is 0 Å². The second kappa shape index (κ2) is 2.84. The zero-order valence-electron chi connectivity index (χ0n) is 6.44. The Morgan fingerprint density at radius 2 is 2.20 bits per heavy atom. The molecular weight excluding hydrogens is 122 g/mol. The Morgan fingerprint density at radius 1 is 1.50 bits per heavy atom. The van der Waals surface area contributed by atoms with Gasteiger partial charge in [0.25, 0.3) is 0 Å². The maximum atomic E-state index is 5.51. The van der Waals surface area contributed by atoms with Gasteiger partial charge in [0.1, 0.15) is 0 Å². The van der Waals surface area contributed by atoms with Gasteiger partial charge in [0, 0.05) is 6.54 Å². The van der Waals surface area contributed by atoms with Crippen LogP contribution in [0.5, 0.6) is 0 Å². The van der Waals surface area contributed by atoms with Gasteiger partial charge in [-0.2, -0.15) is 0 Å². The first kappa shape index (κ1) is 7.29. The molecule has 0 aliphatic carbocycles. The van der Waals surface area contributed by atoms with Gasteiger partial charge < -0.3 is 5.73 Å². The fraction of sp³-hybridized carbons (Fsp3) is 0.333. The van der Waals surface area contributed by atoms with E-state index in [9.17, 15) is 0 Å². The first-order valence-electron chi connectivity index (χ1n) is 3.42. The maximum Gasteiger partial charge on any atom is 0.0180 e. The largest absolute Gasteiger partial charge is 0.326 e. The van der Waals surface area contributed by atoms with E-state index in [2.05, 4.69) is 19.9 Å². The van der Waals surface area contributed by atoms with E-state index in [1.807, 2.05) is 12.1 Å². The van der Waals surface area contributed by atoms with Crippen LogP contribution in [0.3, 0.4) is 0 Å². The highest BCUT2D eigenvalue weighted by Gasteiger charge is 1.96. The molecule has 1 rings (SSSR count). The zero-order chi connectivity index (χ0) is 7.56. The highest BCUT2D eigenvalue weighted by molar-refractivity contribution is 5.31. The van der Waals surface area contributed by atoms with Crippen molar-refractivity contribution in [2.45, 2.75) is 20.4 Å². The van der Waals surface area contributed by atoms with Crippen molar-refractivity contribution in [2.24, 2.45) is 5.73 Å². The molecule has 0 unspecified atom stereocenters. The van der Waals surface area contributed by atoms with E-state index in [1.54, 1.807) is 0 Å². The standard InChI is InChI=1S/C9H12N/c1-7-4-3-5-9(6-10)8(7)2/h3,5H,6,10H2,1-2H3. The summed E-state index contributed by atoms with van der Waals surface area (Å²) in [6.07, 6.45) is 0. The first-order valence-corrected chi connectivity index (χ1v) is 3.42. The highest BCUT2D eigenvalue weighted by atomic mass is 14.5. The highest BCUT2D eigenvalue weighted by Crippen LogP contribution is 2.10. The van der Waals surface area contributed by atoms with Crippen molar-refractivity contribution in [1.82, 2.24) is 0 Å². The van der Waals surface area contributed by atoms with E-state index in [4.69, 9.17) is 5.73 Å². The summed E-state index contributed by atoms with van der Waals surface area (Å²) in [5.74, 6) is 0. The van der Waals surface area contributed by atoms with Gasteiger partial charge in [-0.15, -0.1) is 0 Å². The SMILES string of the molecule is Cc1[c]ccc(CN)c1C. The molecule has 0 fully saturated rings. The van der Waals surface area contributed by atoms with Crippen molar-refractivity contribution in [2.75, 3.05) is 0 Å². The number of hydrogen-bond acceptors (Lipinski definition) is 1. The average molecular weight is 134 g/mol. The number of hydrogen-bond donors (Lipinski definition) is 1. The lowest BCUT2D eigenvalue weighted by atomic mass is 10.0. The molecule has 2 N–H and O–H groups in total. The molecule has 0 aliphatic heterocycles. The van der Waals surface area contributed by atoms with Gasteiger partial charge in [-0.1, -0.05) is 12.1 Å². The summed E-state index contributed by atoms with van der Waals surface area (Å²) in [5.41, 5.74) is 9.19. The van der Waals surface area contributed by atoms with E-state index >= 15 is 0 Å². The van der Waals surface area contributed by atoms with Crippen molar-refractivity contribution in [3.05, 3.63) is 34.9 Å². The Balaban J connectivity index is 3.14. The molecule has 1 radical (unpaired) electrons. The molecule has 0 amide bonds. The molecule has 0 heterocycles. The van der Waals surface area contributed by atoms with Crippen molar-refractivity contribution in [1.29, 1.82) is 0 Å². The van der Waals surface area contributed by atoms with E-state index in [-0.39, 0.29) is 0 Å². The maximum absolute atomic E-state index is 5.51. The molecule has 0 saturated heterocycles. The minimum Gasteiger partial charge on any atom is -0.326 e. The molecule has 0 spiro atoms. The van der Waals surface area contributed by atoms with Crippen LogP contribution in [-0.2, 0) is 6.54 Å². The van der Waals surface area contributed by atoms with Crippen LogP contribution in [-0.4, -0.2) is 0 Å². The molecule has 0 bridgehead atoms. The minimum absolute atomic E-state index is 0.626. The fourth-order valence-corrected chi connectivity index (χ4v) is 0.962. The van der Waals surface area contributed by atoms with Crippen molar-refractivity contribution in [3.8, 4) is 0 Å². The molecule has 1 heteroatoms. The lowest BCUT2D eigenvalue weighted by Crippen LogP contribution is -1.99. The lowest BCUT2D eigenvalue weighted by molar-refractivity contribution is 1.04. The van der Waals surface area contributed by atoms with E-state index in [0.29, 0.717) is 6.54 Å². The Hall–Kier alpha value is -0.820. The molecule has 0 aromatic heterocycles. The predicted molar refractivity (Wildman–Crippen MR) is 42.6 cm³/mol. The summed E-state index contributed by atoms with van der Waals surface area (Å²) >= 11 is 0. The summed E-state index contributed by atoms with van der Waals surface area (Å²) in [6.45, 7) is 4.75. The van der Waals surface area contributed by atoms with Gasteiger partial charge in [0.2, 0.25) is 0 Å². The average Bonchev–Trinajstić information content (AvgIpc) is 1.95. The Bertz CT molecular complexity index is 228. The molecule has 0 saturated carbocycles. The Labute approximate surface area is 61.9 Å². The fourth-order valence-electron chi connectivity index (χ4n) is 0.962. The van der Waals surface area contributed by atoms with Crippen LogP contribution >= 0.6 is 0 Å². The topological polar surface area (TPSA) is 26.0 Å². The third-order valence-electron chi connectivity index (χ3n) is 1.85. The molecular formula is C9H12N. The van der Waals surface area contributed by atoms with Gasteiger partial charge in [0.15, 0.2) is 0 Å². The number of rotatable bonds is 1. The van der Waals surface area contributed by atoms with Crippen molar-refractivity contribution < 1.29 is 0 Å². The number of benzene rings is 1. The summed E-state index contributed by atoms with van der Waals surface area (Å²) < 4.78 is 0. The molecule has 1 aromatic carbocycles. The molecule has 53 valence electrons. The quantitative estimate of drug-likeness (QED) is 0.619. The second-order valence-electron chi connectivity index (χ2n) is 2.46. The van der Waals surface area contributed by atoms with E-state index in [0.717, 1.165) is 0 Å². The first-order chi connectivity index (χ1) is 4.75. The van der Waals surface area contributed by atoms with Gasteiger partial charge in [-0.05, 0) is 36.6 Å². The van der Waals surface area contributed by atoms with E-state index < -0.39 is 0 Å². The normalized spacial score (nSPS) is 9.90. The zero-order valence-corrected chi connectivity index (χ0v) is 6.44. The van der Waals surface area contributed by atoms with Crippen LogP contribution in [0.1, 0.15) is 16.7 Å². The molecule has 1 nitrogen and oxygen atoms in total. The third kappa shape index (κ3) is 1.19. The van der Waals surface area contributed by atoms with Crippen molar-refractivity contribution >= 4 is 0 Å². The van der Waals surface area contributed by atoms with Gasteiger partial charge in [-0.3, -0.25) is 0 Å². The minimum atomic E-state index is 0.626. The smallest absolute Gasteiger partial charge is 0.0180 e. The summed E-state index contributed by atoms with van der Waals surface area (Å²) in [7, 11) is 0. The second-order valence-corrected chi connectivity index (χ2v) is 2.46. The summed E-state index contributed by atoms with van der Waals surface area (Å²) in [5, 5.41) is 0. The molecule has 0 atom stereocenters. The van der Waals surface area contributed by atoms with Crippen molar-refractivity contribution in [3.63, 3.8) is 0 Å². The van der Waals surface area contributed by atoms with Gasteiger partial charge >= 0.3 is 0 Å². The van der Waals surface area contributed by atoms with Crippen LogP contribution in [0.2, 0.25) is 0 Å². The predicted octanol–water partition coefficient (Wildman–Crippen LogP) is 1.56. The van der Waals surface area contributed by atoms with E-state index in [1.165, 1.54) is 16.7 Å². The monoisotopic (exact) mass is 134 g/mol. The number of aryl methyl sites for hydroxylation is 1. The molecule has 0 aliphatic rings. The van der Waals surface area contributed by atoms with Crippen LogP contribution in [0, 0.1) is 19.9 Å². The Morgan fingerprint density at radius 3 is 2.70 bits per heavy atom. The summed E-state index contributed by atoms with van der Waals surface area (Å²) in [4.78, 5) is 0. The third-order valence-corrected chi connectivity index (χ3v) is 1.85. The lowest BCUT2D eigenvalue weighted by Gasteiger charge is -2.03. The van der Waals surface area contributed by atoms with Crippen LogP contribution in [0.15, 0.2) is 12.1 Å². The molecule has 10 heavy (non-hydrogen) atoms. The van der Waals surface area contributed by atoms with Crippen LogP contribution in [0.4, 0.5) is 0 Å². The van der Waals surface area contributed by atoms with Gasteiger partial charge in [-0.25, -0.2) is 0 Å². The van der Waals surface area contributed by atoms with Crippen LogP contribution in [0.25, 0.3) is 0 Å². The number of nitrogens with two attached hydrogens (primary N) is 1. The molecule has 1 aromatic rings. The summed E-state index contributed by atoms with van der Waals surface area (Å²) in [6, 6.07) is 7.06.